The molecule has 2 N–H and O–H groups in total. The fourth-order valence-electron chi connectivity index (χ4n) is 3.86. The molecule has 1 heterocycles. The number of ether oxygens (including phenoxy) is 4. The smallest absolute Gasteiger partial charge is 0.219 e. The van der Waals surface area contributed by atoms with Crippen LogP contribution in [0.2, 0.25) is 0 Å². The molecular weight excluding hydrogens is 420 g/mol. The zero-order valence-corrected chi connectivity index (χ0v) is 18.5. The summed E-state index contributed by atoms with van der Waals surface area (Å²) in [6.07, 6.45) is -2.12. The number of hydrogen-bond donors (Lipinski definition) is 2. The second kappa shape index (κ2) is 11.5. The van der Waals surface area contributed by atoms with E-state index in [1.54, 1.807) is 0 Å². The van der Waals surface area contributed by atoms with Crippen LogP contribution in [0.3, 0.4) is 0 Å². The molecule has 0 saturated carbocycles. The van der Waals surface area contributed by atoms with Gasteiger partial charge in [-0.25, -0.2) is 0 Å². The van der Waals surface area contributed by atoms with Crippen LogP contribution in [0, 0.1) is 0 Å². The lowest BCUT2D eigenvalue weighted by Crippen LogP contribution is -2.64. The van der Waals surface area contributed by atoms with E-state index in [1.165, 1.54) is 0 Å². The van der Waals surface area contributed by atoms with Crippen LogP contribution in [-0.2, 0) is 38.8 Å². The van der Waals surface area contributed by atoms with Gasteiger partial charge in [-0.2, -0.15) is 0 Å². The zero-order chi connectivity index (χ0) is 22.9. The maximum absolute atomic E-state index is 11.1. The average molecular weight is 451 g/mol. The highest BCUT2D eigenvalue weighted by molar-refractivity contribution is 5.15. The molecule has 0 aliphatic carbocycles. The van der Waals surface area contributed by atoms with Crippen LogP contribution < -0.4 is 0 Å². The molecule has 1 saturated heterocycles. The van der Waals surface area contributed by atoms with Crippen molar-refractivity contribution in [2.45, 2.75) is 43.9 Å². The number of aliphatic hydroxyl groups is 2. The van der Waals surface area contributed by atoms with Crippen molar-refractivity contribution < 1.29 is 29.2 Å². The predicted molar refractivity (Wildman–Crippen MR) is 123 cm³/mol. The lowest BCUT2D eigenvalue weighted by atomic mass is 9.96. The number of rotatable bonds is 10. The van der Waals surface area contributed by atoms with Crippen molar-refractivity contribution >= 4 is 0 Å². The maximum Gasteiger partial charge on any atom is 0.219 e. The molecule has 4 atom stereocenters. The molecule has 0 aromatic heterocycles. The fraction of sp³-hybridized carbons (Fsp3) is 0.333. The third-order valence-electron chi connectivity index (χ3n) is 5.70. The molecule has 3 aromatic rings. The van der Waals surface area contributed by atoms with E-state index in [-0.39, 0.29) is 13.2 Å². The van der Waals surface area contributed by atoms with E-state index >= 15 is 0 Å². The first-order chi connectivity index (χ1) is 16.2. The van der Waals surface area contributed by atoms with Crippen LogP contribution in [-0.4, -0.2) is 47.5 Å². The van der Waals surface area contributed by atoms with E-state index in [0.717, 1.165) is 16.7 Å². The summed E-state index contributed by atoms with van der Waals surface area (Å²) in [7, 11) is 0. The van der Waals surface area contributed by atoms with E-state index in [1.807, 2.05) is 91.0 Å². The molecule has 6 nitrogen and oxygen atoms in total. The summed E-state index contributed by atoms with van der Waals surface area (Å²) >= 11 is 0. The molecule has 0 bridgehead atoms. The van der Waals surface area contributed by atoms with Crippen LogP contribution in [0.5, 0.6) is 0 Å². The van der Waals surface area contributed by atoms with Gasteiger partial charge in [0.25, 0.3) is 0 Å². The molecule has 0 spiro atoms. The Kier molecular flexibility index (Phi) is 8.23. The Morgan fingerprint density at radius 1 is 0.697 bits per heavy atom. The van der Waals surface area contributed by atoms with Gasteiger partial charge in [-0.15, -0.1) is 0 Å². The van der Waals surface area contributed by atoms with Gasteiger partial charge in [-0.3, -0.25) is 0 Å². The maximum atomic E-state index is 11.1. The van der Waals surface area contributed by atoms with Crippen molar-refractivity contribution in [2.24, 2.45) is 0 Å². The van der Waals surface area contributed by atoms with Crippen molar-refractivity contribution in [2.75, 3.05) is 13.2 Å². The van der Waals surface area contributed by atoms with Crippen molar-refractivity contribution in [3.63, 3.8) is 0 Å². The molecule has 0 radical (unpaired) electrons. The first kappa shape index (κ1) is 23.6. The van der Waals surface area contributed by atoms with Crippen molar-refractivity contribution in [3.05, 3.63) is 108 Å². The van der Waals surface area contributed by atoms with Crippen molar-refractivity contribution in [3.8, 4) is 0 Å². The molecule has 6 heteroatoms. The van der Waals surface area contributed by atoms with E-state index in [9.17, 15) is 10.2 Å². The Morgan fingerprint density at radius 2 is 1.15 bits per heavy atom. The highest BCUT2D eigenvalue weighted by atomic mass is 16.7. The molecule has 1 aliphatic rings. The molecule has 0 amide bonds. The van der Waals surface area contributed by atoms with Crippen LogP contribution >= 0.6 is 0 Å². The number of hydrogen-bond acceptors (Lipinski definition) is 6. The Bertz CT molecular complexity index is 952. The van der Waals surface area contributed by atoms with Gasteiger partial charge in [-0.05, 0) is 16.7 Å². The highest BCUT2D eigenvalue weighted by Crippen LogP contribution is 2.31. The Hall–Kier alpha value is -2.58. The first-order valence-corrected chi connectivity index (χ1v) is 11.1. The summed E-state index contributed by atoms with van der Waals surface area (Å²) in [5.74, 6) is -1.90. The molecule has 3 aromatic carbocycles. The van der Waals surface area contributed by atoms with Gasteiger partial charge in [0.05, 0.1) is 33.0 Å². The van der Waals surface area contributed by atoms with Gasteiger partial charge in [-0.1, -0.05) is 91.0 Å². The minimum atomic E-state index is -1.90. The van der Waals surface area contributed by atoms with Gasteiger partial charge < -0.3 is 29.2 Å². The third kappa shape index (κ3) is 6.26. The summed E-state index contributed by atoms with van der Waals surface area (Å²) in [6.45, 7) is 0.345. The Morgan fingerprint density at radius 3 is 1.64 bits per heavy atom. The van der Waals surface area contributed by atoms with E-state index in [2.05, 4.69) is 0 Å². The lowest BCUT2D eigenvalue weighted by Gasteiger charge is -2.46. The molecule has 1 aliphatic heterocycles. The summed E-state index contributed by atoms with van der Waals surface area (Å²) in [5, 5.41) is 21.0. The molecule has 1 unspecified atom stereocenters. The highest BCUT2D eigenvalue weighted by Gasteiger charge is 2.52. The van der Waals surface area contributed by atoms with Crippen LogP contribution in [0.25, 0.3) is 0 Å². The lowest BCUT2D eigenvalue weighted by molar-refractivity contribution is -0.352. The van der Waals surface area contributed by atoms with Gasteiger partial charge >= 0.3 is 0 Å². The summed E-state index contributed by atoms with van der Waals surface area (Å²) in [6, 6.07) is 29.2. The van der Waals surface area contributed by atoms with Crippen molar-refractivity contribution in [1.29, 1.82) is 0 Å². The molecule has 33 heavy (non-hydrogen) atoms. The van der Waals surface area contributed by atoms with Gasteiger partial charge in [0.2, 0.25) is 5.79 Å². The van der Waals surface area contributed by atoms with Crippen LogP contribution in [0.4, 0.5) is 0 Å². The monoisotopic (exact) mass is 450 g/mol. The standard InChI is InChI=1S/C27H30O6/c28-20-27(29)26(32-18-23-14-8-3-9-15-23)25(31-17-22-12-6-2-7-13-22)24(19-33-27)30-16-21-10-4-1-5-11-21/h1-15,24-26,28-29H,16-20H2/t24-,25-,26-,27?/m1/s1. The van der Waals surface area contributed by atoms with Crippen molar-refractivity contribution in [1.82, 2.24) is 0 Å². The summed E-state index contributed by atoms with van der Waals surface area (Å²) in [4.78, 5) is 0. The predicted octanol–water partition coefficient (Wildman–Crippen LogP) is 3.45. The minimum Gasteiger partial charge on any atom is -0.391 e. The van der Waals surface area contributed by atoms with E-state index in [0.29, 0.717) is 13.2 Å². The fourth-order valence-corrected chi connectivity index (χ4v) is 3.86. The first-order valence-electron chi connectivity index (χ1n) is 11.1. The largest absolute Gasteiger partial charge is 0.391 e. The minimum absolute atomic E-state index is 0.0640. The Balaban J connectivity index is 1.53. The van der Waals surface area contributed by atoms with Gasteiger partial charge in [0.15, 0.2) is 0 Å². The molecule has 174 valence electrons. The second-order valence-electron chi connectivity index (χ2n) is 8.13. The normalized spacial score (nSPS) is 25.1. The van der Waals surface area contributed by atoms with E-state index < -0.39 is 30.7 Å². The summed E-state index contributed by atoms with van der Waals surface area (Å²) in [5.41, 5.74) is 2.94. The molecule has 4 rings (SSSR count). The number of aliphatic hydroxyl groups excluding tert-OH is 1. The summed E-state index contributed by atoms with van der Waals surface area (Å²) < 4.78 is 24.2. The SMILES string of the molecule is OCC1(O)OC[C@@H](OCc2ccccc2)[C@@H](OCc2ccccc2)[C@H]1OCc1ccccc1. The van der Waals surface area contributed by atoms with E-state index in [4.69, 9.17) is 18.9 Å². The van der Waals surface area contributed by atoms with Gasteiger partial charge in [0.1, 0.15) is 18.3 Å². The quantitative estimate of drug-likeness (QED) is 0.493. The van der Waals surface area contributed by atoms with Crippen LogP contribution in [0.1, 0.15) is 16.7 Å². The molecular formula is C27H30O6. The second-order valence-corrected chi connectivity index (χ2v) is 8.13. The Labute approximate surface area is 194 Å². The zero-order valence-electron chi connectivity index (χ0n) is 18.5. The number of benzene rings is 3. The average Bonchev–Trinajstić information content (AvgIpc) is 2.88. The van der Waals surface area contributed by atoms with Gasteiger partial charge in [0, 0.05) is 0 Å². The molecule has 1 fully saturated rings. The third-order valence-corrected chi connectivity index (χ3v) is 5.70. The topological polar surface area (TPSA) is 77.4 Å². The van der Waals surface area contributed by atoms with Crippen LogP contribution in [0.15, 0.2) is 91.0 Å².